The Kier molecular flexibility index (Phi) is 10.5. The second kappa shape index (κ2) is 14.4. The minimum atomic E-state index is -2.32. The zero-order valence-electron chi connectivity index (χ0n) is 21.6. The van der Waals surface area contributed by atoms with Crippen LogP contribution in [0.4, 0.5) is 0 Å². The molecule has 9 nitrogen and oxygen atoms in total. The van der Waals surface area contributed by atoms with Crippen molar-refractivity contribution in [2.45, 2.75) is 6.61 Å². The van der Waals surface area contributed by atoms with Gasteiger partial charge >= 0.3 is 17.2 Å². The highest BCUT2D eigenvalue weighted by molar-refractivity contribution is 7.42. The predicted molar refractivity (Wildman–Crippen MR) is 149 cm³/mol. The molecule has 0 heterocycles. The van der Waals surface area contributed by atoms with E-state index in [-0.39, 0.29) is 6.61 Å². The molecule has 0 aliphatic heterocycles. The van der Waals surface area contributed by atoms with E-state index in [0.29, 0.717) is 45.8 Å². The normalized spacial score (nSPS) is 11.4. The summed E-state index contributed by atoms with van der Waals surface area (Å²) in [6.45, 7) is 0.0456. The molecule has 0 fully saturated rings. The molecule has 11 heteroatoms. The van der Waals surface area contributed by atoms with Gasteiger partial charge in [0.25, 0.3) is 0 Å². The van der Waals surface area contributed by atoms with Crippen LogP contribution in [0.5, 0.6) is 40.2 Å². The van der Waals surface area contributed by atoms with Crippen molar-refractivity contribution in [1.82, 2.24) is 0 Å². The molecule has 1 N–H and O–H groups in total. The van der Waals surface area contributed by atoms with Crippen molar-refractivity contribution in [3.8, 4) is 40.2 Å². The van der Waals surface area contributed by atoms with Crippen LogP contribution in [-0.4, -0.2) is 26.2 Å². The number of benzene rings is 4. The van der Waals surface area contributed by atoms with Crippen molar-refractivity contribution < 1.29 is 41.7 Å². The molecule has 0 aliphatic carbocycles. The van der Waals surface area contributed by atoms with E-state index in [9.17, 15) is 4.89 Å². The Bertz CT molecular complexity index is 1290. The summed E-state index contributed by atoms with van der Waals surface area (Å²) in [5.41, 5.74) is 0.641. The SMILES string of the molecule is COc1ccccc1OP(O)Oc1ccccc1COP(Oc1ccccc1OC)Oc1ccccc1OC. The topological polar surface area (TPSA) is 94.1 Å². The van der Waals surface area contributed by atoms with Crippen LogP contribution in [0.15, 0.2) is 97.1 Å². The Morgan fingerprint density at radius 1 is 0.487 bits per heavy atom. The van der Waals surface area contributed by atoms with E-state index < -0.39 is 17.2 Å². The lowest BCUT2D eigenvalue weighted by atomic mass is 10.2. The molecule has 0 amide bonds. The van der Waals surface area contributed by atoms with Gasteiger partial charge in [0.15, 0.2) is 34.5 Å². The van der Waals surface area contributed by atoms with E-state index in [2.05, 4.69) is 0 Å². The summed E-state index contributed by atoms with van der Waals surface area (Å²) >= 11 is 0. The number of hydrogen-bond acceptors (Lipinski definition) is 9. The molecule has 4 rings (SSSR count). The molecular formula is C28H28O9P2. The third kappa shape index (κ3) is 7.88. The molecule has 0 radical (unpaired) electrons. The lowest BCUT2D eigenvalue weighted by molar-refractivity contribution is 0.247. The third-order valence-electron chi connectivity index (χ3n) is 5.20. The van der Waals surface area contributed by atoms with Crippen LogP contribution in [0.1, 0.15) is 5.56 Å². The Hall–Kier alpha value is -3.74. The van der Waals surface area contributed by atoms with Crippen LogP contribution in [0.25, 0.3) is 0 Å². The number of para-hydroxylation sites is 7. The molecule has 0 bridgehead atoms. The summed E-state index contributed by atoms with van der Waals surface area (Å²) in [6, 6.07) is 28.5. The lowest BCUT2D eigenvalue weighted by Gasteiger charge is -2.21. The van der Waals surface area contributed by atoms with Gasteiger partial charge in [-0.05, 0) is 42.5 Å². The molecule has 1 unspecified atom stereocenters. The minimum Gasteiger partial charge on any atom is -0.493 e. The summed E-state index contributed by atoms with van der Waals surface area (Å²) in [4.78, 5) is 10.5. The highest BCUT2D eigenvalue weighted by Gasteiger charge is 2.23. The first-order chi connectivity index (χ1) is 19.1. The van der Waals surface area contributed by atoms with Crippen molar-refractivity contribution in [3.63, 3.8) is 0 Å². The summed E-state index contributed by atoms with van der Waals surface area (Å²) < 4.78 is 45.7. The predicted octanol–water partition coefficient (Wildman–Crippen LogP) is 7.29. The maximum Gasteiger partial charge on any atom is 0.463 e. The lowest BCUT2D eigenvalue weighted by Crippen LogP contribution is -2.04. The zero-order chi connectivity index (χ0) is 27.5. The van der Waals surface area contributed by atoms with Crippen LogP contribution in [-0.2, 0) is 11.1 Å². The van der Waals surface area contributed by atoms with Crippen molar-refractivity contribution in [2.75, 3.05) is 21.3 Å². The van der Waals surface area contributed by atoms with Crippen molar-refractivity contribution in [3.05, 3.63) is 103 Å². The van der Waals surface area contributed by atoms with E-state index in [0.717, 1.165) is 0 Å². The largest absolute Gasteiger partial charge is 0.493 e. The summed E-state index contributed by atoms with van der Waals surface area (Å²) in [5.74, 6) is 3.18. The fourth-order valence-electron chi connectivity index (χ4n) is 3.34. The average molecular weight is 570 g/mol. The number of ether oxygens (including phenoxy) is 3. The second-order valence-electron chi connectivity index (χ2n) is 7.66. The van der Waals surface area contributed by atoms with Gasteiger partial charge in [-0.25, -0.2) is 0 Å². The van der Waals surface area contributed by atoms with Gasteiger partial charge in [-0.15, -0.1) is 0 Å². The van der Waals surface area contributed by atoms with Gasteiger partial charge in [0, 0.05) is 5.56 Å². The summed E-state index contributed by atoms with van der Waals surface area (Å²) in [7, 11) is 0.337. The fraction of sp³-hybridized carbons (Fsp3) is 0.143. The quantitative estimate of drug-likeness (QED) is 0.157. The maximum absolute atomic E-state index is 10.5. The standard InChI is InChI=1S/C28H28O9P2/c1-30-23-14-6-9-17-26(23)35-38(29)34-22-13-5-4-12-21(22)20-33-39(36-27-18-10-7-15-24(27)31-2)37-28-19-11-8-16-25(28)32-3/h4-19,29H,20H2,1-3H3. The number of methoxy groups -OCH3 is 3. The van der Waals surface area contributed by atoms with Crippen molar-refractivity contribution in [2.24, 2.45) is 0 Å². The minimum absolute atomic E-state index is 0.0456. The highest BCUT2D eigenvalue weighted by Crippen LogP contribution is 2.48. The number of hydrogen-bond donors (Lipinski definition) is 1. The van der Waals surface area contributed by atoms with Gasteiger partial charge in [-0.2, -0.15) is 0 Å². The molecule has 0 aromatic heterocycles. The van der Waals surface area contributed by atoms with Crippen LogP contribution >= 0.6 is 17.2 Å². The first kappa shape index (κ1) is 28.3. The van der Waals surface area contributed by atoms with E-state index in [1.807, 2.05) is 30.3 Å². The smallest absolute Gasteiger partial charge is 0.463 e. The van der Waals surface area contributed by atoms with Gasteiger partial charge < -0.3 is 37.2 Å². The van der Waals surface area contributed by atoms with Gasteiger partial charge in [0.1, 0.15) is 5.75 Å². The van der Waals surface area contributed by atoms with Crippen molar-refractivity contribution >= 4 is 17.2 Å². The van der Waals surface area contributed by atoms with Crippen LogP contribution in [0.3, 0.4) is 0 Å². The van der Waals surface area contributed by atoms with E-state index in [1.54, 1.807) is 80.9 Å². The summed E-state index contributed by atoms with van der Waals surface area (Å²) in [5, 5.41) is 0. The molecule has 204 valence electrons. The zero-order valence-corrected chi connectivity index (χ0v) is 23.3. The van der Waals surface area contributed by atoms with Crippen LogP contribution in [0, 0.1) is 0 Å². The first-order valence-corrected chi connectivity index (χ1v) is 13.9. The van der Waals surface area contributed by atoms with E-state index in [1.165, 1.54) is 7.11 Å². The Labute approximate surface area is 229 Å². The molecule has 0 saturated heterocycles. The first-order valence-electron chi connectivity index (χ1n) is 11.7. The Balaban J connectivity index is 1.50. The van der Waals surface area contributed by atoms with Crippen LogP contribution < -0.4 is 32.3 Å². The molecule has 0 aliphatic rings. The monoisotopic (exact) mass is 570 g/mol. The molecule has 1 atom stereocenters. The summed E-state index contributed by atoms with van der Waals surface area (Å²) in [6.07, 6.45) is 0. The molecule has 39 heavy (non-hydrogen) atoms. The fourth-order valence-corrected chi connectivity index (χ4v) is 5.05. The molecule has 4 aromatic rings. The maximum atomic E-state index is 10.5. The van der Waals surface area contributed by atoms with E-state index >= 15 is 0 Å². The Morgan fingerprint density at radius 2 is 0.846 bits per heavy atom. The Morgan fingerprint density at radius 3 is 1.31 bits per heavy atom. The average Bonchev–Trinajstić information content (AvgIpc) is 2.97. The highest BCUT2D eigenvalue weighted by atomic mass is 31.2. The molecular weight excluding hydrogens is 542 g/mol. The molecule has 4 aromatic carbocycles. The van der Waals surface area contributed by atoms with Gasteiger partial charge in [0.05, 0.1) is 27.9 Å². The van der Waals surface area contributed by atoms with Crippen molar-refractivity contribution in [1.29, 1.82) is 0 Å². The van der Waals surface area contributed by atoms with Crippen LogP contribution in [0.2, 0.25) is 0 Å². The molecule has 0 saturated carbocycles. The number of rotatable bonds is 14. The van der Waals surface area contributed by atoms with E-state index in [4.69, 9.17) is 36.8 Å². The third-order valence-corrected chi connectivity index (χ3v) is 6.94. The second-order valence-corrected chi connectivity index (χ2v) is 9.57. The van der Waals surface area contributed by atoms with Gasteiger partial charge in [-0.1, -0.05) is 54.6 Å². The molecule has 0 spiro atoms. The van der Waals surface area contributed by atoms with Gasteiger partial charge in [-0.3, -0.25) is 4.52 Å². The van der Waals surface area contributed by atoms with Gasteiger partial charge in [0.2, 0.25) is 0 Å².